The molecule has 0 fully saturated rings. The molecule has 0 unspecified atom stereocenters. The zero-order valence-corrected chi connectivity index (χ0v) is 16.0. The SMILES string of the molecule is C=CCCCCCCCCC(=O)NCCOC(=O)CCCCCC(=O)O. The van der Waals surface area contributed by atoms with Crippen molar-refractivity contribution in [2.24, 2.45) is 0 Å². The van der Waals surface area contributed by atoms with Crippen LogP contribution in [-0.4, -0.2) is 36.1 Å². The highest BCUT2D eigenvalue weighted by atomic mass is 16.5. The normalized spacial score (nSPS) is 10.3. The molecule has 0 spiro atoms. The molecule has 150 valence electrons. The molecule has 0 aromatic heterocycles. The van der Waals surface area contributed by atoms with E-state index >= 15 is 0 Å². The van der Waals surface area contributed by atoms with E-state index in [0.717, 1.165) is 25.7 Å². The van der Waals surface area contributed by atoms with Gasteiger partial charge in [0.15, 0.2) is 0 Å². The van der Waals surface area contributed by atoms with Gasteiger partial charge in [0, 0.05) is 19.3 Å². The second-order valence-electron chi connectivity index (χ2n) is 6.47. The molecule has 0 saturated carbocycles. The number of rotatable bonds is 18. The number of carboxylic acid groups (broad SMARTS) is 1. The predicted molar refractivity (Wildman–Crippen MR) is 102 cm³/mol. The van der Waals surface area contributed by atoms with E-state index < -0.39 is 5.97 Å². The number of amides is 1. The second-order valence-corrected chi connectivity index (χ2v) is 6.47. The maximum Gasteiger partial charge on any atom is 0.305 e. The van der Waals surface area contributed by atoms with E-state index in [1.54, 1.807) is 0 Å². The second kappa shape index (κ2) is 18.0. The molecule has 0 rings (SSSR count). The van der Waals surface area contributed by atoms with Crippen molar-refractivity contribution in [3.8, 4) is 0 Å². The Morgan fingerprint density at radius 3 is 2.12 bits per heavy atom. The number of ether oxygens (including phenoxy) is 1. The van der Waals surface area contributed by atoms with Crippen molar-refractivity contribution in [3.63, 3.8) is 0 Å². The summed E-state index contributed by atoms with van der Waals surface area (Å²) in [7, 11) is 0. The highest BCUT2D eigenvalue weighted by molar-refractivity contribution is 5.75. The lowest BCUT2D eigenvalue weighted by atomic mass is 10.1. The molecule has 0 aliphatic rings. The van der Waals surface area contributed by atoms with Gasteiger partial charge in [-0.05, 0) is 32.1 Å². The summed E-state index contributed by atoms with van der Waals surface area (Å²) in [5.41, 5.74) is 0. The molecule has 0 saturated heterocycles. The molecule has 0 atom stereocenters. The van der Waals surface area contributed by atoms with Crippen LogP contribution < -0.4 is 5.32 Å². The smallest absolute Gasteiger partial charge is 0.305 e. The largest absolute Gasteiger partial charge is 0.481 e. The Morgan fingerprint density at radius 2 is 1.42 bits per heavy atom. The third-order valence-corrected chi connectivity index (χ3v) is 4.02. The van der Waals surface area contributed by atoms with E-state index in [1.165, 1.54) is 19.3 Å². The summed E-state index contributed by atoms with van der Waals surface area (Å²) in [6.45, 7) is 4.22. The van der Waals surface area contributed by atoms with E-state index in [0.29, 0.717) is 38.6 Å². The molecule has 0 aliphatic heterocycles. The van der Waals surface area contributed by atoms with Crippen LogP contribution >= 0.6 is 0 Å². The van der Waals surface area contributed by atoms with Crippen molar-refractivity contribution in [3.05, 3.63) is 12.7 Å². The molecule has 0 aromatic carbocycles. The number of aliphatic carboxylic acids is 1. The number of nitrogens with one attached hydrogen (secondary N) is 1. The molecule has 0 radical (unpaired) electrons. The number of carboxylic acids is 1. The molecule has 1 amide bonds. The Labute approximate surface area is 157 Å². The number of hydrogen-bond acceptors (Lipinski definition) is 4. The van der Waals surface area contributed by atoms with Gasteiger partial charge in [-0.3, -0.25) is 14.4 Å². The zero-order valence-electron chi connectivity index (χ0n) is 16.0. The van der Waals surface area contributed by atoms with Crippen LogP contribution in [0.1, 0.15) is 83.5 Å². The first-order valence-corrected chi connectivity index (χ1v) is 9.81. The van der Waals surface area contributed by atoms with Gasteiger partial charge >= 0.3 is 11.9 Å². The molecule has 2 N–H and O–H groups in total. The van der Waals surface area contributed by atoms with E-state index in [-0.39, 0.29) is 24.9 Å². The van der Waals surface area contributed by atoms with Crippen LogP contribution in [0.5, 0.6) is 0 Å². The fourth-order valence-corrected chi connectivity index (χ4v) is 2.52. The van der Waals surface area contributed by atoms with E-state index in [9.17, 15) is 14.4 Å². The van der Waals surface area contributed by atoms with E-state index in [2.05, 4.69) is 11.9 Å². The summed E-state index contributed by atoms with van der Waals surface area (Å²) in [4.78, 5) is 33.5. The Bertz CT molecular complexity index is 409. The van der Waals surface area contributed by atoms with Crippen LogP contribution in [0.2, 0.25) is 0 Å². The molecule has 0 heterocycles. The fourth-order valence-electron chi connectivity index (χ4n) is 2.52. The predicted octanol–water partition coefficient (Wildman–Crippen LogP) is 3.99. The summed E-state index contributed by atoms with van der Waals surface area (Å²) in [6.07, 6.45) is 12.6. The average Bonchev–Trinajstić information content (AvgIpc) is 2.60. The van der Waals surface area contributed by atoms with Gasteiger partial charge in [0.2, 0.25) is 5.91 Å². The summed E-state index contributed by atoms with van der Waals surface area (Å²) in [6, 6.07) is 0. The highest BCUT2D eigenvalue weighted by Gasteiger charge is 2.05. The average molecular weight is 370 g/mol. The number of hydrogen-bond donors (Lipinski definition) is 2. The molecular weight excluding hydrogens is 334 g/mol. The van der Waals surface area contributed by atoms with Crippen molar-refractivity contribution in [1.82, 2.24) is 5.32 Å². The van der Waals surface area contributed by atoms with Gasteiger partial charge in [-0.2, -0.15) is 0 Å². The molecular formula is C20H35NO5. The number of unbranched alkanes of at least 4 members (excludes halogenated alkanes) is 8. The van der Waals surface area contributed by atoms with Crippen molar-refractivity contribution < 1.29 is 24.2 Å². The molecule has 26 heavy (non-hydrogen) atoms. The lowest BCUT2D eigenvalue weighted by Gasteiger charge is -2.07. The van der Waals surface area contributed by atoms with Gasteiger partial charge < -0.3 is 15.2 Å². The van der Waals surface area contributed by atoms with Crippen LogP contribution in [0.3, 0.4) is 0 Å². The molecule has 0 bridgehead atoms. The summed E-state index contributed by atoms with van der Waals surface area (Å²) in [5.74, 6) is -1.11. The van der Waals surface area contributed by atoms with Crippen molar-refractivity contribution in [1.29, 1.82) is 0 Å². The van der Waals surface area contributed by atoms with Crippen LogP contribution in [0, 0.1) is 0 Å². The van der Waals surface area contributed by atoms with Crippen molar-refractivity contribution in [2.45, 2.75) is 83.5 Å². The van der Waals surface area contributed by atoms with Crippen molar-refractivity contribution >= 4 is 17.8 Å². The van der Waals surface area contributed by atoms with Gasteiger partial charge in [0.25, 0.3) is 0 Å². The standard InChI is InChI=1S/C20H35NO5/c1-2-3-4-5-6-7-8-10-13-18(22)21-16-17-26-20(25)15-12-9-11-14-19(23)24/h2H,1,3-17H2,(H,21,22)(H,23,24). The Balaban J connectivity index is 3.35. The van der Waals surface area contributed by atoms with Crippen molar-refractivity contribution in [2.75, 3.05) is 13.2 Å². The van der Waals surface area contributed by atoms with Crippen LogP contribution in [0.25, 0.3) is 0 Å². The highest BCUT2D eigenvalue weighted by Crippen LogP contribution is 2.08. The number of allylic oxidation sites excluding steroid dienone is 1. The van der Waals surface area contributed by atoms with Crippen LogP contribution in [0.15, 0.2) is 12.7 Å². The van der Waals surface area contributed by atoms with Gasteiger partial charge in [-0.1, -0.05) is 38.2 Å². The molecule has 0 aliphatic carbocycles. The lowest BCUT2D eigenvalue weighted by molar-refractivity contribution is -0.144. The summed E-state index contributed by atoms with van der Waals surface area (Å²) >= 11 is 0. The van der Waals surface area contributed by atoms with Gasteiger partial charge in [0.05, 0.1) is 6.54 Å². The van der Waals surface area contributed by atoms with E-state index in [1.807, 2.05) is 6.08 Å². The minimum atomic E-state index is -0.813. The zero-order chi connectivity index (χ0) is 19.5. The van der Waals surface area contributed by atoms with Gasteiger partial charge in [-0.25, -0.2) is 0 Å². The topological polar surface area (TPSA) is 92.7 Å². The maximum absolute atomic E-state index is 11.7. The Kier molecular flexibility index (Phi) is 16.7. The van der Waals surface area contributed by atoms with Gasteiger partial charge in [-0.15, -0.1) is 6.58 Å². The number of carbonyl (C=O) groups excluding carboxylic acids is 2. The monoisotopic (exact) mass is 369 g/mol. The molecule has 0 aromatic rings. The fraction of sp³-hybridized carbons (Fsp3) is 0.750. The Morgan fingerprint density at radius 1 is 0.846 bits per heavy atom. The first-order chi connectivity index (χ1) is 12.6. The molecule has 6 heteroatoms. The van der Waals surface area contributed by atoms with Crippen LogP contribution in [0.4, 0.5) is 0 Å². The van der Waals surface area contributed by atoms with Gasteiger partial charge in [0.1, 0.15) is 6.61 Å². The lowest BCUT2D eigenvalue weighted by Crippen LogP contribution is -2.27. The summed E-state index contributed by atoms with van der Waals surface area (Å²) in [5, 5.41) is 11.3. The third kappa shape index (κ3) is 18.5. The molecule has 6 nitrogen and oxygen atoms in total. The number of carbonyl (C=O) groups is 3. The van der Waals surface area contributed by atoms with Crippen LogP contribution in [-0.2, 0) is 19.1 Å². The first kappa shape index (κ1) is 24.1. The Hall–Kier alpha value is -1.85. The van der Waals surface area contributed by atoms with E-state index in [4.69, 9.17) is 9.84 Å². The first-order valence-electron chi connectivity index (χ1n) is 9.81. The maximum atomic E-state index is 11.7. The number of esters is 1. The minimum Gasteiger partial charge on any atom is -0.481 e. The quantitative estimate of drug-likeness (QED) is 0.216. The summed E-state index contributed by atoms with van der Waals surface area (Å²) < 4.78 is 5.03. The minimum absolute atomic E-state index is 0.00127. The third-order valence-electron chi connectivity index (χ3n) is 4.02.